The number of carbonyl (C=O) groups is 1. The molecular weight excluding hydrogens is 466 g/mol. The van der Waals surface area contributed by atoms with Gasteiger partial charge in [-0.15, -0.1) is 10.2 Å². The van der Waals surface area contributed by atoms with Crippen molar-refractivity contribution in [1.29, 1.82) is 0 Å². The van der Waals surface area contributed by atoms with Crippen LogP contribution in [0.4, 0.5) is 0 Å². The molecule has 182 valence electrons. The number of hydrogen-bond acceptors (Lipinski definition) is 8. The first-order chi connectivity index (χ1) is 16.9. The lowest BCUT2D eigenvalue weighted by molar-refractivity contribution is -0.119. The molecule has 0 bridgehead atoms. The molecule has 3 N–H and O–H groups in total. The van der Waals surface area contributed by atoms with Crippen LogP contribution in [0.25, 0.3) is 5.95 Å². The number of nitrogens with two attached hydrogens (primary N) is 1. The summed E-state index contributed by atoms with van der Waals surface area (Å²) in [7, 11) is 3.23. The maximum absolute atomic E-state index is 13.0. The minimum absolute atomic E-state index is 0.106. The number of carbonyl (C=O) groups excluding carboxylic acids is 1. The molecule has 0 saturated carbocycles. The molecule has 0 aliphatic carbocycles. The molecule has 10 nitrogen and oxygen atoms in total. The van der Waals surface area contributed by atoms with E-state index < -0.39 is 0 Å². The van der Waals surface area contributed by atoms with Gasteiger partial charge in [0.05, 0.1) is 31.7 Å². The summed E-state index contributed by atoms with van der Waals surface area (Å²) in [6.45, 7) is 3.80. The van der Waals surface area contributed by atoms with Gasteiger partial charge < -0.3 is 20.6 Å². The Bertz CT molecular complexity index is 1250. The van der Waals surface area contributed by atoms with E-state index in [9.17, 15) is 4.79 Å². The van der Waals surface area contributed by atoms with Crippen LogP contribution in [0.3, 0.4) is 0 Å². The second-order valence-corrected chi connectivity index (χ2v) is 8.77. The van der Waals surface area contributed by atoms with Crippen molar-refractivity contribution in [3.05, 3.63) is 77.1 Å². The van der Waals surface area contributed by atoms with Crippen LogP contribution in [0, 0.1) is 13.8 Å². The first-order valence-corrected chi connectivity index (χ1v) is 11.8. The Hall–Kier alpha value is -3.99. The minimum Gasteiger partial charge on any atom is -0.497 e. The van der Waals surface area contributed by atoms with Gasteiger partial charge in [-0.25, -0.2) is 9.36 Å². The van der Waals surface area contributed by atoms with Crippen molar-refractivity contribution in [1.82, 2.24) is 30.0 Å². The zero-order valence-electron chi connectivity index (χ0n) is 19.9. The third-order valence-electron chi connectivity index (χ3n) is 5.38. The summed E-state index contributed by atoms with van der Waals surface area (Å²) in [6.07, 6.45) is 0. The second kappa shape index (κ2) is 10.5. The number of nitrogens with zero attached hydrogens (tertiary/aromatic N) is 5. The monoisotopic (exact) mass is 493 g/mol. The molecule has 0 radical (unpaired) electrons. The van der Waals surface area contributed by atoms with Gasteiger partial charge in [-0.05, 0) is 55.3 Å². The van der Waals surface area contributed by atoms with Gasteiger partial charge in [-0.3, -0.25) is 4.79 Å². The Morgan fingerprint density at radius 1 is 1.00 bits per heavy atom. The molecule has 0 atom stereocenters. The van der Waals surface area contributed by atoms with Crippen LogP contribution in [0.15, 0.2) is 59.8 Å². The second-order valence-electron chi connectivity index (χ2n) is 7.83. The van der Waals surface area contributed by atoms with Crippen molar-refractivity contribution in [3.8, 4) is 17.4 Å². The number of methoxy groups -OCH3 is 2. The maximum atomic E-state index is 13.0. The Balaban J connectivity index is 1.49. The van der Waals surface area contributed by atoms with E-state index >= 15 is 0 Å². The molecule has 0 fully saturated rings. The van der Waals surface area contributed by atoms with Crippen molar-refractivity contribution < 1.29 is 14.3 Å². The summed E-state index contributed by atoms with van der Waals surface area (Å²) in [4.78, 5) is 13.0. The summed E-state index contributed by atoms with van der Waals surface area (Å²) in [5, 5.41) is 16.2. The molecule has 0 aliphatic heterocycles. The molecule has 0 spiro atoms. The smallest absolute Gasteiger partial charge is 0.271 e. The van der Waals surface area contributed by atoms with E-state index in [2.05, 4.69) is 20.6 Å². The number of ether oxygens (including phenoxy) is 2. The van der Waals surface area contributed by atoms with E-state index in [-0.39, 0.29) is 17.7 Å². The van der Waals surface area contributed by atoms with E-state index in [0.29, 0.717) is 11.1 Å². The number of aromatic nitrogens is 5. The fourth-order valence-corrected chi connectivity index (χ4v) is 4.29. The van der Waals surface area contributed by atoms with E-state index in [4.69, 9.17) is 15.3 Å². The average molecular weight is 494 g/mol. The number of thioether (sulfide) groups is 1. The molecule has 0 aliphatic rings. The Labute approximate surface area is 207 Å². The fourth-order valence-electron chi connectivity index (χ4n) is 3.63. The van der Waals surface area contributed by atoms with Gasteiger partial charge in [0.1, 0.15) is 11.5 Å². The average Bonchev–Trinajstić information content (AvgIpc) is 3.41. The molecule has 11 heteroatoms. The van der Waals surface area contributed by atoms with Gasteiger partial charge in [0.15, 0.2) is 0 Å². The minimum atomic E-state index is -0.360. The standard InChI is InChI=1S/C24H27N7O3S/c1-15-13-16(2)31(29-15)23-27-28-24(30(23)25)35-14-21(32)26-22(17-5-9-19(33-3)10-6-17)18-7-11-20(34-4)12-8-18/h5-13,22H,14,25H2,1-4H3,(H,26,32). The van der Waals surface area contributed by atoms with Gasteiger partial charge in [0.25, 0.3) is 5.95 Å². The van der Waals surface area contributed by atoms with Crippen molar-refractivity contribution in [2.45, 2.75) is 25.0 Å². The quantitative estimate of drug-likeness (QED) is 0.270. The molecule has 4 aromatic rings. The number of aryl methyl sites for hydroxylation is 2. The highest BCUT2D eigenvalue weighted by Crippen LogP contribution is 2.26. The van der Waals surface area contributed by atoms with Crippen LogP contribution >= 0.6 is 11.8 Å². The third-order valence-corrected chi connectivity index (χ3v) is 6.32. The van der Waals surface area contributed by atoms with Crippen molar-refractivity contribution in [2.75, 3.05) is 25.8 Å². The Morgan fingerprint density at radius 2 is 1.57 bits per heavy atom. The number of nitrogen functional groups attached to an aromatic ring is 1. The number of rotatable bonds is 9. The lowest BCUT2D eigenvalue weighted by Crippen LogP contribution is -2.31. The molecule has 4 rings (SSSR count). The lowest BCUT2D eigenvalue weighted by atomic mass is 9.98. The molecule has 35 heavy (non-hydrogen) atoms. The molecule has 2 heterocycles. The third kappa shape index (κ3) is 5.40. The number of benzene rings is 2. The van der Waals surface area contributed by atoms with Crippen LogP contribution in [0.1, 0.15) is 28.6 Å². The highest BCUT2D eigenvalue weighted by Gasteiger charge is 2.20. The summed E-state index contributed by atoms with van der Waals surface area (Å²) in [5.41, 5.74) is 3.58. The normalized spacial score (nSPS) is 11.0. The van der Waals surface area contributed by atoms with E-state index in [1.165, 1.54) is 16.4 Å². The summed E-state index contributed by atoms with van der Waals surface area (Å²) in [5.74, 6) is 7.98. The first kappa shape index (κ1) is 24.1. The van der Waals surface area contributed by atoms with Crippen LogP contribution in [0.5, 0.6) is 11.5 Å². The summed E-state index contributed by atoms with van der Waals surface area (Å²) < 4.78 is 13.5. The molecule has 0 unspecified atom stereocenters. The first-order valence-electron chi connectivity index (χ1n) is 10.8. The molecule has 1 amide bonds. The Kier molecular flexibility index (Phi) is 7.25. The highest BCUT2D eigenvalue weighted by atomic mass is 32.2. The van der Waals surface area contributed by atoms with Crippen LogP contribution < -0.4 is 20.6 Å². The fraction of sp³-hybridized carbons (Fsp3) is 0.250. The summed E-state index contributed by atoms with van der Waals surface area (Å²) >= 11 is 1.20. The Morgan fingerprint density at radius 3 is 2.06 bits per heavy atom. The predicted molar refractivity (Wildman–Crippen MR) is 133 cm³/mol. The van der Waals surface area contributed by atoms with Crippen LogP contribution in [-0.2, 0) is 4.79 Å². The molecule has 0 saturated heterocycles. The predicted octanol–water partition coefficient (Wildman–Crippen LogP) is 2.81. The van der Waals surface area contributed by atoms with Gasteiger partial charge >= 0.3 is 0 Å². The number of hydrogen-bond donors (Lipinski definition) is 2. The maximum Gasteiger partial charge on any atom is 0.271 e. The molecular formula is C24H27N7O3S. The number of nitrogens with one attached hydrogen (secondary N) is 1. The topological polar surface area (TPSA) is 122 Å². The number of amides is 1. The van der Waals surface area contributed by atoms with Crippen molar-refractivity contribution in [3.63, 3.8) is 0 Å². The largest absolute Gasteiger partial charge is 0.497 e. The molecule has 2 aromatic carbocycles. The lowest BCUT2D eigenvalue weighted by Gasteiger charge is -2.20. The van der Waals surface area contributed by atoms with E-state index in [1.807, 2.05) is 68.4 Å². The zero-order chi connectivity index (χ0) is 24.9. The summed E-state index contributed by atoms with van der Waals surface area (Å²) in [6, 6.07) is 16.7. The van der Waals surface area contributed by atoms with Crippen LogP contribution in [0.2, 0.25) is 0 Å². The highest BCUT2D eigenvalue weighted by molar-refractivity contribution is 7.99. The van der Waals surface area contributed by atoms with E-state index in [0.717, 1.165) is 34.0 Å². The van der Waals surface area contributed by atoms with Gasteiger partial charge in [-0.1, -0.05) is 36.0 Å². The van der Waals surface area contributed by atoms with Crippen LogP contribution in [-0.4, -0.2) is 50.5 Å². The molecule has 2 aromatic heterocycles. The van der Waals surface area contributed by atoms with E-state index in [1.54, 1.807) is 18.9 Å². The van der Waals surface area contributed by atoms with Gasteiger partial charge in [-0.2, -0.15) is 5.10 Å². The van der Waals surface area contributed by atoms with Gasteiger partial charge in [0.2, 0.25) is 11.1 Å². The zero-order valence-corrected chi connectivity index (χ0v) is 20.7. The van der Waals surface area contributed by atoms with Crippen molar-refractivity contribution in [2.24, 2.45) is 0 Å². The van der Waals surface area contributed by atoms with Crippen molar-refractivity contribution >= 4 is 17.7 Å². The van der Waals surface area contributed by atoms with Gasteiger partial charge in [0, 0.05) is 5.69 Å². The SMILES string of the molecule is COc1ccc(C(NC(=O)CSc2nnc(-n3nc(C)cc3C)n2N)c2ccc(OC)cc2)cc1.